The van der Waals surface area contributed by atoms with Gasteiger partial charge < -0.3 is 16.0 Å². The molecule has 3 N–H and O–H groups in total. The highest BCUT2D eigenvalue weighted by Crippen LogP contribution is 2.20. The second-order valence-corrected chi connectivity index (χ2v) is 6.44. The Balaban J connectivity index is 1.64. The van der Waals surface area contributed by atoms with Gasteiger partial charge in [0.25, 0.3) is 5.91 Å². The van der Waals surface area contributed by atoms with E-state index in [1.54, 1.807) is 24.3 Å². The van der Waals surface area contributed by atoms with Gasteiger partial charge in [-0.3, -0.25) is 9.59 Å². The van der Waals surface area contributed by atoms with Crippen molar-refractivity contribution in [3.8, 4) is 0 Å². The highest BCUT2D eigenvalue weighted by Gasteiger charge is 2.09. The van der Waals surface area contributed by atoms with Gasteiger partial charge in [0.2, 0.25) is 5.91 Å². The van der Waals surface area contributed by atoms with Crippen LogP contribution in [0.3, 0.4) is 0 Å². The fraction of sp³-hybridized carbons (Fsp3) is 0.143. The van der Waals surface area contributed by atoms with Crippen molar-refractivity contribution < 1.29 is 9.59 Å². The van der Waals surface area contributed by atoms with Crippen LogP contribution in [0.4, 0.5) is 22.9 Å². The number of aryl methyl sites for hydroxylation is 2. The van der Waals surface area contributed by atoms with E-state index in [2.05, 4.69) is 32.0 Å². The third-order valence-corrected chi connectivity index (χ3v) is 3.99. The normalized spacial score (nSPS) is 10.2. The molecule has 0 atom stereocenters. The second-order valence-electron chi connectivity index (χ2n) is 6.44. The standard InChI is InChI=1S/C21H21N5O2/c1-13-4-9-18(14(2)10-13)26-20-12-22-19(11-23-20)21(28)25-17-7-5-16(6-8-17)24-15(3)27/h4-12H,1-3H3,(H,23,26)(H,24,27)(H,25,28). The summed E-state index contributed by atoms with van der Waals surface area (Å²) in [5.74, 6) is 0.0441. The molecule has 7 nitrogen and oxygen atoms in total. The van der Waals surface area contributed by atoms with Gasteiger partial charge in [0.05, 0.1) is 12.4 Å². The van der Waals surface area contributed by atoms with Crippen molar-refractivity contribution >= 4 is 34.7 Å². The molecule has 1 heterocycles. The summed E-state index contributed by atoms with van der Waals surface area (Å²) in [7, 11) is 0. The summed E-state index contributed by atoms with van der Waals surface area (Å²) < 4.78 is 0. The van der Waals surface area contributed by atoms with Gasteiger partial charge in [-0.25, -0.2) is 9.97 Å². The third kappa shape index (κ3) is 4.91. The molecule has 0 saturated heterocycles. The molecule has 2 aromatic carbocycles. The van der Waals surface area contributed by atoms with E-state index >= 15 is 0 Å². The number of nitrogens with zero attached hydrogens (tertiary/aromatic N) is 2. The number of benzene rings is 2. The minimum atomic E-state index is -0.363. The number of anilines is 4. The second kappa shape index (κ2) is 8.30. The van der Waals surface area contributed by atoms with Crippen LogP contribution in [0.15, 0.2) is 54.9 Å². The van der Waals surface area contributed by atoms with Crippen LogP contribution in [0, 0.1) is 13.8 Å². The first-order valence-corrected chi connectivity index (χ1v) is 8.76. The number of nitrogens with one attached hydrogen (secondary N) is 3. The molecule has 7 heteroatoms. The molecule has 0 spiro atoms. The Morgan fingerprint density at radius 1 is 0.857 bits per heavy atom. The van der Waals surface area contributed by atoms with Crippen molar-refractivity contribution in [3.05, 3.63) is 71.7 Å². The van der Waals surface area contributed by atoms with Crippen LogP contribution in [0.5, 0.6) is 0 Å². The number of rotatable bonds is 5. The minimum absolute atomic E-state index is 0.151. The molecule has 28 heavy (non-hydrogen) atoms. The van der Waals surface area contributed by atoms with E-state index in [0.29, 0.717) is 17.2 Å². The Morgan fingerprint density at radius 2 is 1.54 bits per heavy atom. The molecule has 0 aliphatic carbocycles. The van der Waals surface area contributed by atoms with E-state index in [-0.39, 0.29) is 17.5 Å². The first-order valence-electron chi connectivity index (χ1n) is 8.76. The Morgan fingerprint density at radius 3 is 2.11 bits per heavy atom. The first kappa shape index (κ1) is 19.0. The van der Waals surface area contributed by atoms with E-state index in [1.807, 2.05) is 26.0 Å². The van der Waals surface area contributed by atoms with E-state index in [0.717, 1.165) is 11.3 Å². The number of hydrogen-bond donors (Lipinski definition) is 3. The van der Waals surface area contributed by atoms with Crippen molar-refractivity contribution in [2.24, 2.45) is 0 Å². The van der Waals surface area contributed by atoms with Crippen LogP contribution in [-0.2, 0) is 4.79 Å². The number of hydrogen-bond acceptors (Lipinski definition) is 5. The van der Waals surface area contributed by atoms with Crippen molar-refractivity contribution in [3.63, 3.8) is 0 Å². The van der Waals surface area contributed by atoms with Crippen LogP contribution in [0.2, 0.25) is 0 Å². The zero-order chi connectivity index (χ0) is 20.1. The maximum atomic E-state index is 12.3. The van der Waals surface area contributed by atoms with Gasteiger partial charge in [0.15, 0.2) is 0 Å². The summed E-state index contributed by atoms with van der Waals surface area (Å²) in [5.41, 5.74) is 4.69. The van der Waals surface area contributed by atoms with Crippen molar-refractivity contribution in [1.29, 1.82) is 0 Å². The summed E-state index contributed by atoms with van der Waals surface area (Å²) in [6.07, 6.45) is 2.95. The number of carbonyl (C=O) groups is 2. The van der Waals surface area contributed by atoms with Crippen LogP contribution < -0.4 is 16.0 Å². The summed E-state index contributed by atoms with van der Waals surface area (Å²) in [6, 6.07) is 12.9. The maximum absolute atomic E-state index is 12.3. The average Bonchev–Trinajstić information content (AvgIpc) is 2.66. The van der Waals surface area contributed by atoms with Gasteiger partial charge in [-0.1, -0.05) is 17.7 Å². The van der Waals surface area contributed by atoms with E-state index in [9.17, 15) is 9.59 Å². The van der Waals surface area contributed by atoms with Crippen molar-refractivity contribution in [2.75, 3.05) is 16.0 Å². The van der Waals surface area contributed by atoms with E-state index in [1.165, 1.54) is 24.9 Å². The van der Waals surface area contributed by atoms with Crippen molar-refractivity contribution in [1.82, 2.24) is 9.97 Å². The Labute approximate surface area is 163 Å². The predicted molar refractivity (Wildman–Crippen MR) is 110 cm³/mol. The quantitative estimate of drug-likeness (QED) is 0.625. The minimum Gasteiger partial charge on any atom is -0.339 e. The monoisotopic (exact) mass is 375 g/mol. The molecule has 0 bridgehead atoms. The summed E-state index contributed by atoms with van der Waals surface area (Å²) in [5, 5.41) is 8.62. The predicted octanol–water partition coefficient (Wildman–Crippen LogP) is 4.05. The molecule has 142 valence electrons. The molecule has 0 aliphatic heterocycles. The lowest BCUT2D eigenvalue weighted by Crippen LogP contribution is -2.14. The molecular weight excluding hydrogens is 354 g/mol. The van der Waals surface area contributed by atoms with E-state index < -0.39 is 0 Å². The molecule has 0 fully saturated rings. The zero-order valence-corrected chi connectivity index (χ0v) is 15.9. The maximum Gasteiger partial charge on any atom is 0.275 e. The molecule has 3 rings (SSSR count). The molecule has 1 aromatic heterocycles. The average molecular weight is 375 g/mol. The Kier molecular flexibility index (Phi) is 5.64. The number of aromatic nitrogens is 2. The molecule has 0 aliphatic rings. The van der Waals surface area contributed by atoms with Crippen LogP contribution >= 0.6 is 0 Å². The topological polar surface area (TPSA) is 96.0 Å². The van der Waals surface area contributed by atoms with Gasteiger partial charge in [0, 0.05) is 24.0 Å². The Hall–Kier alpha value is -3.74. The lowest BCUT2D eigenvalue weighted by atomic mass is 10.1. The fourth-order valence-electron chi connectivity index (χ4n) is 2.64. The lowest BCUT2D eigenvalue weighted by Gasteiger charge is -2.10. The van der Waals surface area contributed by atoms with Gasteiger partial charge in [-0.15, -0.1) is 0 Å². The summed E-state index contributed by atoms with van der Waals surface area (Å²) in [6.45, 7) is 5.49. The highest BCUT2D eigenvalue weighted by molar-refractivity contribution is 6.02. The Bertz CT molecular complexity index is 998. The third-order valence-electron chi connectivity index (χ3n) is 3.99. The smallest absolute Gasteiger partial charge is 0.275 e. The first-order chi connectivity index (χ1) is 13.4. The highest BCUT2D eigenvalue weighted by atomic mass is 16.2. The zero-order valence-electron chi connectivity index (χ0n) is 15.9. The van der Waals surface area contributed by atoms with Gasteiger partial charge in [0.1, 0.15) is 11.5 Å². The SMILES string of the molecule is CC(=O)Nc1ccc(NC(=O)c2cnc(Nc3ccc(C)cc3C)cn2)cc1. The van der Waals surface area contributed by atoms with Crippen molar-refractivity contribution in [2.45, 2.75) is 20.8 Å². The van der Waals surface area contributed by atoms with Gasteiger partial charge in [-0.05, 0) is 49.7 Å². The van der Waals surface area contributed by atoms with E-state index in [4.69, 9.17) is 0 Å². The molecule has 0 saturated carbocycles. The fourth-order valence-corrected chi connectivity index (χ4v) is 2.64. The molecular formula is C21H21N5O2. The molecule has 0 radical (unpaired) electrons. The van der Waals surface area contributed by atoms with Crippen LogP contribution in [0.1, 0.15) is 28.5 Å². The molecule has 3 aromatic rings. The van der Waals surface area contributed by atoms with Gasteiger partial charge >= 0.3 is 0 Å². The summed E-state index contributed by atoms with van der Waals surface area (Å²) >= 11 is 0. The van der Waals surface area contributed by atoms with Gasteiger partial charge in [-0.2, -0.15) is 0 Å². The lowest BCUT2D eigenvalue weighted by molar-refractivity contribution is -0.114. The van der Waals surface area contributed by atoms with Crippen LogP contribution in [-0.4, -0.2) is 21.8 Å². The summed E-state index contributed by atoms with van der Waals surface area (Å²) in [4.78, 5) is 31.8. The molecule has 2 amide bonds. The largest absolute Gasteiger partial charge is 0.339 e. The van der Waals surface area contributed by atoms with Crippen LogP contribution in [0.25, 0.3) is 0 Å². The number of amides is 2. The number of carbonyl (C=O) groups excluding carboxylic acids is 2. The molecule has 0 unspecified atom stereocenters.